The largest absolute Gasteiger partial charge is 0.508 e. The number of Topliss-reactive ketones (excluding diaryl/α,β-unsaturated/α-hetero) is 2. The fraction of sp³-hybridized carbons (Fsp3) is 0.560. The summed E-state index contributed by atoms with van der Waals surface area (Å²) >= 11 is 0. The van der Waals surface area contributed by atoms with Gasteiger partial charge in [0.05, 0.1) is 17.8 Å². The maximum Gasteiger partial charge on any atom is 0.233 e. The lowest BCUT2D eigenvalue weighted by Crippen LogP contribution is -2.67. The van der Waals surface area contributed by atoms with Gasteiger partial charge in [0.25, 0.3) is 0 Å². The highest BCUT2D eigenvalue weighted by atomic mass is 16.4. The molecular weight excluding hydrogens is 442 g/mol. The van der Waals surface area contributed by atoms with Crippen LogP contribution < -0.4 is 5.32 Å². The van der Waals surface area contributed by atoms with Crippen LogP contribution in [0.25, 0.3) is 0 Å². The van der Waals surface area contributed by atoms with Crippen molar-refractivity contribution in [2.24, 2.45) is 23.2 Å². The summed E-state index contributed by atoms with van der Waals surface area (Å²) in [5, 5.41) is 57.5. The third kappa shape index (κ3) is 3.37. The number of benzene rings is 1. The summed E-state index contributed by atoms with van der Waals surface area (Å²) < 4.78 is 0. The standard InChI is InChI=1S/C25H31NO8/c1-10-11-6-5-7-13(27)16(11)20(30)18-15(10)19(29)12-8-14(28)17(21(31)25(12,34)22(18)32)23(33)26-9-24(2,3)4/h5-7,10,12,14-15,17,19,27-29,32,34H,8-9H2,1-4H3,(H,26,33)/t10-,12+,14?,15+,17?,19+,25+/m0/s1. The zero-order valence-corrected chi connectivity index (χ0v) is 19.6. The Labute approximate surface area is 197 Å². The molecule has 0 aliphatic heterocycles. The molecule has 184 valence electrons. The van der Waals surface area contributed by atoms with Crippen molar-refractivity contribution in [3.63, 3.8) is 0 Å². The number of nitrogens with one attached hydrogen (secondary N) is 1. The van der Waals surface area contributed by atoms with E-state index in [2.05, 4.69) is 5.32 Å². The highest BCUT2D eigenvalue weighted by Crippen LogP contribution is 2.54. The lowest BCUT2D eigenvalue weighted by atomic mass is 9.54. The van der Waals surface area contributed by atoms with E-state index in [1.54, 1.807) is 19.1 Å². The minimum Gasteiger partial charge on any atom is -0.508 e. The molecule has 3 aliphatic carbocycles. The van der Waals surface area contributed by atoms with Crippen LogP contribution in [0.15, 0.2) is 29.5 Å². The van der Waals surface area contributed by atoms with Crippen LogP contribution in [-0.4, -0.2) is 67.4 Å². The number of ketones is 2. The van der Waals surface area contributed by atoms with Crippen LogP contribution >= 0.6 is 0 Å². The third-order valence-corrected chi connectivity index (χ3v) is 7.46. The second kappa shape index (κ2) is 7.90. The normalized spacial score (nSPS) is 35.4. The molecule has 0 radical (unpaired) electrons. The van der Waals surface area contributed by atoms with Crippen LogP contribution in [0.4, 0.5) is 0 Å². The molecule has 0 heterocycles. The maximum absolute atomic E-state index is 13.5. The number of carbonyl (C=O) groups is 3. The van der Waals surface area contributed by atoms with Gasteiger partial charge in [-0.1, -0.05) is 39.8 Å². The molecule has 0 bridgehead atoms. The lowest BCUT2D eigenvalue weighted by molar-refractivity contribution is -0.180. The van der Waals surface area contributed by atoms with Gasteiger partial charge in [-0.15, -0.1) is 0 Å². The summed E-state index contributed by atoms with van der Waals surface area (Å²) in [5.74, 6) is -8.56. The highest BCUT2D eigenvalue weighted by Gasteiger charge is 2.66. The van der Waals surface area contributed by atoms with E-state index in [9.17, 15) is 39.9 Å². The summed E-state index contributed by atoms with van der Waals surface area (Å²) in [5.41, 5.74) is -2.99. The Morgan fingerprint density at radius 3 is 2.44 bits per heavy atom. The molecule has 1 fully saturated rings. The van der Waals surface area contributed by atoms with Crippen molar-refractivity contribution in [3.8, 4) is 5.75 Å². The van der Waals surface area contributed by atoms with Gasteiger partial charge >= 0.3 is 0 Å². The van der Waals surface area contributed by atoms with Gasteiger partial charge in [-0.2, -0.15) is 0 Å². The number of aliphatic hydroxyl groups excluding tert-OH is 3. The number of aliphatic hydroxyl groups is 4. The molecule has 3 aliphatic rings. The van der Waals surface area contributed by atoms with Crippen molar-refractivity contribution < 1.29 is 39.9 Å². The average molecular weight is 474 g/mol. The first kappa shape index (κ1) is 24.4. The Kier molecular flexibility index (Phi) is 5.66. The van der Waals surface area contributed by atoms with Gasteiger partial charge in [0.1, 0.15) is 17.4 Å². The minimum atomic E-state index is -2.73. The molecular formula is C25H31NO8. The molecule has 7 atom stereocenters. The van der Waals surface area contributed by atoms with Crippen LogP contribution in [0.5, 0.6) is 5.75 Å². The molecule has 1 aromatic rings. The van der Waals surface area contributed by atoms with Crippen molar-refractivity contribution in [2.45, 2.75) is 57.8 Å². The van der Waals surface area contributed by atoms with Gasteiger partial charge in [0.15, 0.2) is 17.2 Å². The average Bonchev–Trinajstić information content (AvgIpc) is 2.74. The van der Waals surface area contributed by atoms with Crippen LogP contribution in [0.3, 0.4) is 0 Å². The summed E-state index contributed by atoms with van der Waals surface area (Å²) in [6.07, 6.45) is -3.30. The zero-order valence-electron chi connectivity index (χ0n) is 19.6. The molecule has 9 nitrogen and oxygen atoms in total. The van der Waals surface area contributed by atoms with Crippen LogP contribution in [0.2, 0.25) is 0 Å². The molecule has 2 unspecified atom stereocenters. The monoisotopic (exact) mass is 473 g/mol. The van der Waals surface area contributed by atoms with E-state index in [1.807, 2.05) is 20.8 Å². The van der Waals surface area contributed by atoms with Crippen molar-refractivity contribution in [1.82, 2.24) is 5.32 Å². The van der Waals surface area contributed by atoms with Gasteiger partial charge in [0, 0.05) is 24.0 Å². The van der Waals surface area contributed by atoms with Crippen LogP contribution in [-0.2, 0) is 9.59 Å². The Hall–Kier alpha value is -2.75. The molecule has 6 N–H and O–H groups in total. The maximum atomic E-state index is 13.5. The van der Waals surface area contributed by atoms with E-state index < -0.39 is 64.7 Å². The Morgan fingerprint density at radius 1 is 1.18 bits per heavy atom. The van der Waals surface area contributed by atoms with Gasteiger partial charge in [-0.3, -0.25) is 14.4 Å². The number of phenols is 1. The molecule has 1 amide bonds. The van der Waals surface area contributed by atoms with Crippen LogP contribution in [0, 0.1) is 23.2 Å². The summed E-state index contributed by atoms with van der Waals surface area (Å²) in [4.78, 5) is 39.6. The van der Waals surface area contributed by atoms with Crippen molar-refractivity contribution in [1.29, 1.82) is 0 Å². The summed E-state index contributed by atoms with van der Waals surface area (Å²) in [6, 6.07) is 4.51. The lowest BCUT2D eigenvalue weighted by Gasteiger charge is -2.52. The molecule has 9 heteroatoms. The number of rotatable bonds is 2. The van der Waals surface area contributed by atoms with E-state index in [4.69, 9.17) is 0 Å². The molecule has 34 heavy (non-hydrogen) atoms. The van der Waals surface area contributed by atoms with Crippen LogP contribution in [0.1, 0.15) is 56.0 Å². The van der Waals surface area contributed by atoms with Crippen molar-refractivity contribution in [2.75, 3.05) is 6.54 Å². The number of amides is 1. The summed E-state index contributed by atoms with van der Waals surface area (Å²) in [7, 11) is 0. The molecule has 1 saturated carbocycles. The van der Waals surface area contributed by atoms with E-state index in [-0.39, 0.29) is 35.3 Å². The number of fused-ring (bicyclic) bond motifs is 3. The van der Waals surface area contributed by atoms with Crippen molar-refractivity contribution in [3.05, 3.63) is 40.7 Å². The van der Waals surface area contributed by atoms with Gasteiger partial charge in [0.2, 0.25) is 5.91 Å². The first-order valence-corrected chi connectivity index (χ1v) is 11.4. The quantitative estimate of drug-likeness (QED) is 0.346. The fourth-order valence-corrected chi connectivity index (χ4v) is 5.70. The number of aromatic hydroxyl groups is 1. The number of carbonyl (C=O) groups excluding carboxylic acids is 3. The second-order valence-electron chi connectivity index (χ2n) is 10.9. The van der Waals surface area contributed by atoms with E-state index >= 15 is 0 Å². The topological polar surface area (TPSA) is 164 Å². The minimum absolute atomic E-state index is 0.0650. The second-order valence-corrected chi connectivity index (χ2v) is 10.9. The third-order valence-electron chi connectivity index (χ3n) is 7.46. The Morgan fingerprint density at radius 2 is 1.82 bits per heavy atom. The van der Waals surface area contributed by atoms with E-state index in [1.165, 1.54) is 6.07 Å². The van der Waals surface area contributed by atoms with Gasteiger partial charge < -0.3 is 30.8 Å². The molecule has 0 saturated heterocycles. The highest BCUT2D eigenvalue weighted by molar-refractivity contribution is 6.15. The zero-order chi connectivity index (χ0) is 25.3. The molecule has 1 aromatic carbocycles. The number of hydrogen-bond acceptors (Lipinski definition) is 8. The van der Waals surface area contributed by atoms with E-state index in [0.29, 0.717) is 5.56 Å². The summed E-state index contributed by atoms with van der Waals surface area (Å²) in [6.45, 7) is 7.51. The van der Waals surface area contributed by atoms with Gasteiger partial charge in [-0.05, 0) is 29.4 Å². The molecule has 4 rings (SSSR count). The Balaban J connectivity index is 1.82. The molecule has 0 spiro atoms. The Bertz CT molecular complexity index is 1100. The molecule has 0 aromatic heterocycles. The smallest absolute Gasteiger partial charge is 0.233 e. The van der Waals surface area contributed by atoms with Crippen molar-refractivity contribution >= 4 is 17.5 Å². The number of hydrogen-bond donors (Lipinski definition) is 6. The SMILES string of the molecule is C[C@H]1c2cccc(O)c2C(=O)C2=C(O)[C@]3(O)C(=O)C(C(=O)NCC(C)(C)C)C(O)C[C@@H]3[C@@H](O)[C@@H]21. The first-order valence-electron chi connectivity index (χ1n) is 11.4. The van der Waals surface area contributed by atoms with Gasteiger partial charge in [-0.25, -0.2) is 0 Å². The first-order chi connectivity index (χ1) is 15.7. The fourth-order valence-electron chi connectivity index (χ4n) is 5.70. The predicted molar refractivity (Wildman–Crippen MR) is 120 cm³/mol. The predicted octanol–water partition coefficient (Wildman–Crippen LogP) is 0.954. The number of phenolic OH excluding ortho intramolecular Hbond substituents is 1. The van der Waals surface area contributed by atoms with E-state index in [0.717, 1.165) is 0 Å².